The predicted octanol–water partition coefficient (Wildman–Crippen LogP) is 2.56. The van der Waals surface area contributed by atoms with Crippen LogP contribution in [-0.2, 0) is 4.79 Å². The zero-order chi connectivity index (χ0) is 12.3. The number of carbonyl (C=O) groups is 1. The molecule has 1 heterocycles. The molecule has 0 radical (unpaired) electrons. The van der Waals surface area contributed by atoms with Gasteiger partial charge in [-0.2, -0.15) is 5.26 Å². The minimum atomic E-state index is -1.04. The Kier molecular flexibility index (Phi) is 3.79. The molecule has 0 saturated heterocycles. The number of carboxylic acids is 1. The third-order valence-corrected chi connectivity index (χ3v) is 3.53. The maximum absolute atomic E-state index is 10.9. The molecular weight excluding hydrogens is 248 g/mol. The third kappa shape index (κ3) is 2.65. The lowest BCUT2D eigenvalue weighted by Gasteiger charge is -2.18. The second-order valence-corrected chi connectivity index (χ2v) is 5.50. The van der Waals surface area contributed by atoms with Crippen molar-refractivity contribution < 1.29 is 9.90 Å². The van der Waals surface area contributed by atoms with Crippen molar-refractivity contribution in [2.24, 2.45) is 0 Å². The summed E-state index contributed by atoms with van der Waals surface area (Å²) in [4.78, 5) is 14.9. The second kappa shape index (κ2) is 4.73. The summed E-state index contributed by atoms with van der Waals surface area (Å²) in [6.07, 6.45) is 1.44. The zero-order valence-electron chi connectivity index (χ0n) is 8.69. The molecule has 0 spiro atoms. The van der Waals surface area contributed by atoms with Gasteiger partial charge >= 0.3 is 5.97 Å². The molecule has 0 aliphatic carbocycles. The number of carboxylic acid groups (broad SMARTS) is 1. The number of hydrogen-bond donors (Lipinski definition) is 1. The summed E-state index contributed by atoms with van der Waals surface area (Å²) in [5.74, 6) is -0.960. The fourth-order valence-electron chi connectivity index (χ4n) is 0.867. The Balaban J connectivity index is 3.08. The summed E-state index contributed by atoms with van der Waals surface area (Å²) in [7, 11) is 0. The van der Waals surface area contributed by atoms with Crippen LogP contribution >= 0.6 is 23.4 Å². The number of thioether (sulfide) groups is 1. The summed E-state index contributed by atoms with van der Waals surface area (Å²) in [6, 6.07) is 3.40. The average molecular weight is 257 g/mol. The highest BCUT2D eigenvalue weighted by Gasteiger charge is 2.30. The molecule has 84 valence electrons. The molecule has 0 unspecified atom stereocenters. The number of hydrogen-bond acceptors (Lipinski definition) is 4. The van der Waals surface area contributed by atoms with E-state index in [9.17, 15) is 4.79 Å². The summed E-state index contributed by atoms with van der Waals surface area (Å²) < 4.78 is -1.04. The first-order valence-electron chi connectivity index (χ1n) is 4.35. The van der Waals surface area contributed by atoms with Crippen molar-refractivity contribution in [1.82, 2.24) is 4.98 Å². The lowest BCUT2D eigenvalue weighted by molar-refractivity contribution is -0.138. The molecule has 16 heavy (non-hydrogen) atoms. The minimum Gasteiger partial charge on any atom is -0.480 e. The van der Waals surface area contributed by atoms with Gasteiger partial charge in [0.25, 0.3) is 0 Å². The van der Waals surface area contributed by atoms with E-state index < -0.39 is 10.7 Å². The van der Waals surface area contributed by atoms with Gasteiger partial charge in [-0.05, 0) is 19.9 Å². The van der Waals surface area contributed by atoms with Gasteiger partial charge in [0.15, 0.2) is 0 Å². The molecule has 0 atom stereocenters. The van der Waals surface area contributed by atoms with Crippen LogP contribution in [0.5, 0.6) is 0 Å². The number of halogens is 1. The quantitative estimate of drug-likeness (QED) is 0.842. The molecule has 0 fully saturated rings. The summed E-state index contributed by atoms with van der Waals surface area (Å²) in [5, 5.41) is 18.3. The number of aromatic nitrogens is 1. The highest BCUT2D eigenvalue weighted by atomic mass is 35.5. The van der Waals surface area contributed by atoms with Crippen LogP contribution in [0.4, 0.5) is 0 Å². The minimum absolute atomic E-state index is 0.198. The standard InChI is InChI=1S/C10H9ClN2O2S/c1-10(2,9(14)15)16-8-7(11)6(5-12)3-4-13-8/h3-4H,1-2H3,(H,14,15). The molecule has 0 aromatic carbocycles. The van der Waals surface area contributed by atoms with Crippen LogP contribution in [0.2, 0.25) is 5.02 Å². The number of aliphatic carboxylic acids is 1. The summed E-state index contributed by atoms with van der Waals surface area (Å²) in [5.41, 5.74) is 0.292. The van der Waals surface area contributed by atoms with E-state index in [0.29, 0.717) is 10.6 Å². The van der Waals surface area contributed by atoms with E-state index in [0.717, 1.165) is 11.8 Å². The number of rotatable bonds is 3. The molecule has 0 aliphatic heterocycles. The number of nitriles is 1. The fraction of sp³-hybridized carbons (Fsp3) is 0.300. The molecular formula is C10H9ClN2O2S. The van der Waals surface area contributed by atoms with Gasteiger partial charge < -0.3 is 5.11 Å². The molecule has 1 aromatic heterocycles. The Morgan fingerprint density at radius 1 is 1.69 bits per heavy atom. The van der Waals surface area contributed by atoms with Crippen LogP contribution in [0.3, 0.4) is 0 Å². The normalized spacial score (nSPS) is 10.9. The maximum atomic E-state index is 10.9. The molecule has 0 aliphatic rings. The molecule has 0 amide bonds. The number of nitrogens with zero attached hydrogens (tertiary/aromatic N) is 2. The van der Waals surface area contributed by atoms with Crippen LogP contribution in [0.1, 0.15) is 19.4 Å². The van der Waals surface area contributed by atoms with Gasteiger partial charge in [0.05, 0.1) is 10.6 Å². The van der Waals surface area contributed by atoms with Gasteiger partial charge in [-0.1, -0.05) is 23.4 Å². The summed E-state index contributed by atoms with van der Waals surface area (Å²) >= 11 is 6.94. The Labute approximate surface area is 102 Å². The van der Waals surface area contributed by atoms with E-state index >= 15 is 0 Å². The van der Waals surface area contributed by atoms with Gasteiger partial charge in [-0.25, -0.2) is 4.98 Å². The van der Waals surface area contributed by atoms with Gasteiger partial charge in [0.1, 0.15) is 15.8 Å². The Morgan fingerprint density at radius 2 is 2.31 bits per heavy atom. The van der Waals surface area contributed by atoms with Crippen LogP contribution in [0.15, 0.2) is 17.3 Å². The topological polar surface area (TPSA) is 74.0 Å². The van der Waals surface area contributed by atoms with E-state index in [4.69, 9.17) is 22.0 Å². The molecule has 6 heteroatoms. The van der Waals surface area contributed by atoms with E-state index in [1.165, 1.54) is 12.3 Å². The second-order valence-electron chi connectivity index (χ2n) is 3.51. The monoisotopic (exact) mass is 256 g/mol. The van der Waals surface area contributed by atoms with Crippen LogP contribution in [-0.4, -0.2) is 20.8 Å². The van der Waals surface area contributed by atoms with Gasteiger partial charge in [-0.15, -0.1) is 0 Å². The van der Waals surface area contributed by atoms with E-state index in [-0.39, 0.29) is 5.02 Å². The Bertz CT molecular complexity index is 468. The predicted molar refractivity (Wildman–Crippen MR) is 61.5 cm³/mol. The van der Waals surface area contributed by atoms with Crippen molar-refractivity contribution in [3.8, 4) is 6.07 Å². The molecule has 1 N–H and O–H groups in total. The van der Waals surface area contributed by atoms with Crippen LogP contribution in [0, 0.1) is 11.3 Å². The maximum Gasteiger partial charge on any atom is 0.319 e. The average Bonchev–Trinajstić information content (AvgIpc) is 2.20. The molecule has 1 rings (SSSR count). The Hall–Kier alpha value is -1.25. The van der Waals surface area contributed by atoms with Crippen molar-refractivity contribution in [2.75, 3.05) is 0 Å². The van der Waals surface area contributed by atoms with Gasteiger partial charge in [0.2, 0.25) is 0 Å². The van der Waals surface area contributed by atoms with Crippen LogP contribution in [0.25, 0.3) is 0 Å². The molecule has 0 saturated carbocycles. The smallest absolute Gasteiger partial charge is 0.319 e. The van der Waals surface area contributed by atoms with Crippen molar-refractivity contribution in [3.05, 3.63) is 22.8 Å². The van der Waals surface area contributed by atoms with E-state index in [1.807, 2.05) is 6.07 Å². The highest BCUT2D eigenvalue weighted by Crippen LogP contribution is 2.36. The Morgan fingerprint density at radius 3 is 2.81 bits per heavy atom. The largest absolute Gasteiger partial charge is 0.480 e. The fourth-order valence-corrected chi connectivity index (χ4v) is 2.02. The summed E-state index contributed by atoms with van der Waals surface area (Å²) in [6.45, 7) is 3.11. The zero-order valence-corrected chi connectivity index (χ0v) is 10.3. The number of pyridine rings is 1. The third-order valence-electron chi connectivity index (χ3n) is 1.84. The first kappa shape index (κ1) is 12.8. The van der Waals surface area contributed by atoms with Crippen molar-refractivity contribution >= 4 is 29.3 Å². The van der Waals surface area contributed by atoms with Crippen molar-refractivity contribution in [1.29, 1.82) is 5.26 Å². The van der Waals surface area contributed by atoms with Crippen LogP contribution < -0.4 is 0 Å². The van der Waals surface area contributed by atoms with Crippen molar-refractivity contribution in [2.45, 2.75) is 23.6 Å². The van der Waals surface area contributed by atoms with E-state index in [2.05, 4.69) is 4.98 Å². The highest BCUT2D eigenvalue weighted by molar-refractivity contribution is 8.01. The van der Waals surface area contributed by atoms with Gasteiger partial charge in [-0.3, -0.25) is 4.79 Å². The first-order valence-corrected chi connectivity index (χ1v) is 5.55. The molecule has 0 bridgehead atoms. The van der Waals surface area contributed by atoms with E-state index in [1.54, 1.807) is 13.8 Å². The van der Waals surface area contributed by atoms with Crippen molar-refractivity contribution in [3.63, 3.8) is 0 Å². The first-order chi connectivity index (χ1) is 7.38. The molecule has 4 nitrogen and oxygen atoms in total. The SMILES string of the molecule is CC(C)(Sc1nccc(C#N)c1Cl)C(=O)O. The molecule has 1 aromatic rings. The van der Waals surface area contributed by atoms with Gasteiger partial charge in [0, 0.05) is 6.20 Å². The lowest BCUT2D eigenvalue weighted by atomic mass is 10.2. The lowest BCUT2D eigenvalue weighted by Crippen LogP contribution is -2.27.